The Balaban J connectivity index is 0.0000000893. The molecule has 3 heteroatoms. The van der Waals surface area contributed by atoms with E-state index in [1.165, 1.54) is 0 Å². The van der Waals surface area contributed by atoms with Crippen LogP contribution in [0.3, 0.4) is 0 Å². The van der Waals surface area contributed by atoms with Crippen molar-refractivity contribution in [3.63, 3.8) is 0 Å². The summed E-state index contributed by atoms with van der Waals surface area (Å²) in [5.41, 5.74) is 0. The van der Waals surface area contributed by atoms with Crippen LogP contribution in [0.1, 0.15) is 0 Å². The van der Waals surface area contributed by atoms with Gasteiger partial charge in [0.05, 0.1) is 25.9 Å². The number of hydrogen-bond acceptors (Lipinski definition) is 3. The second-order valence-electron chi connectivity index (χ2n) is 2.85. The van der Waals surface area contributed by atoms with E-state index in [0.717, 1.165) is 19.8 Å². The molecule has 3 atom stereocenters. The van der Waals surface area contributed by atoms with Gasteiger partial charge in [0.1, 0.15) is 12.2 Å². The van der Waals surface area contributed by atoms with E-state index in [0.29, 0.717) is 18.3 Å². The lowest BCUT2D eigenvalue weighted by molar-refractivity contribution is 0.325. The predicted octanol–water partition coefficient (Wildman–Crippen LogP) is 0.355. The molecule has 0 bridgehead atoms. The number of rotatable bonds is 2. The molecule has 3 aliphatic heterocycles. The van der Waals surface area contributed by atoms with Crippen LogP contribution in [0.25, 0.3) is 0 Å². The molecule has 0 amide bonds. The first-order valence-corrected chi connectivity index (χ1v) is 3.87. The minimum Gasteiger partial charge on any atom is -0.370 e. The molecule has 3 saturated heterocycles. The third-order valence-electron chi connectivity index (χ3n) is 1.75. The molecule has 3 rings (SSSR count). The van der Waals surface area contributed by atoms with Gasteiger partial charge in [-0.2, -0.15) is 0 Å². The van der Waals surface area contributed by atoms with Crippen LogP contribution in [0.5, 0.6) is 0 Å². The van der Waals surface area contributed by atoms with Crippen molar-refractivity contribution >= 4 is 0 Å². The van der Waals surface area contributed by atoms with Gasteiger partial charge in [0.2, 0.25) is 0 Å². The molecule has 0 aromatic rings. The highest BCUT2D eigenvalue weighted by Crippen LogP contribution is 2.25. The summed E-state index contributed by atoms with van der Waals surface area (Å²) in [6.07, 6.45) is 3.19. The molecular weight excluding hydrogens is 144 g/mol. The lowest BCUT2D eigenvalue weighted by Crippen LogP contribution is -1.92. The molecule has 0 N–H and O–H groups in total. The SMILES string of the molecule is C1OC1C1CO1.C=CC1CO1. The standard InChI is InChI=1S/C4H6O2.C4H6O/c1-3(5-1)4-2-6-4;1-2-4-3-5-4/h3-4H,1-2H2;2,4H,1,3H2. The van der Waals surface area contributed by atoms with Crippen molar-refractivity contribution in [3.05, 3.63) is 12.7 Å². The van der Waals surface area contributed by atoms with Crippen molar-refractivity contribution in [2.75, 3.05) is 19.8 Å². The molecule has 3 heterocycles. The van der Waals surface area contributed by atoms with Gasteiger partial charge in [-0.3, -0.25) is 0 Å². The molecule has 3 fully saturated rings. The maximum atomic E-state index is 4.91. The first-order chi connectivity index (χ1) is 5.40. The number of hydrogen-bond donors (Lipinski definition) is 0. The summed E-state index contributed by atoms with van der Waals surface area (Å²) in [6.45, 7) is 6.26. The zero-order valence-electron chi connectivity index (χ0n) is 6.36. The predicted molar refractivity (Wildman–Crippen MR) is 39.4 cm³/mol. The molecule has 3 aliphatic rings. The van der Waals surface area contributed by atoms with Crippen LogP contribution in [-0.4, -0.2) is 38.1 Å². The summed E-state index contributed by atoms with van der Waals surface area (Å²) in [7, 11) is 0. The first kappa shape index (κ1) is 7.28. The molecule has 0 aromatic heterocycles. The summed E-state index contributed by atoms with van der Waals surface area (Å²) in [6, 6.07) is 0. The maximum absolute atomic E-state index is 4.91. The summed E-state index contributed by atoms with van der Waals surface area (Å²) < 4.78 is 14.6. The van der Waals surface area contributed by atoms with Gasteiger partial charge in [-0.05, 0) is 0 Å². The lowest BCUT2D eigenvalue weighted by Gasteiger charge is -1.70. The van der Waals surface area contributed by atoms with E-state index in [2.05, 4.69) is 6.58 Å². The van der Waals surface area contributed by atoms with Gasteiger partial charge in [0, 0.05) is 0 Å². The van der Waals surface area contributed by atoms with Gasteiger partial charge in [0.25, 0.3) is 0 Å². The zero-order chi connectivity index (χ0) is 7.68. The van der Waals surface area contributed by atoms with E-state index in [-0.39, 0.29) is 0 Å². The van der Waals surface area contributed by atoms with Crippen LogP contribution in [0.2, 0.25) is 0 Å². The molecule has 0 aliphatic carbocycles. The first-order valence-electron chi connectivity index (χ1n) is 3.87. The van der Waals surface area contributed by atoms with Crippen molar-refractivity contribution in [2.24, 2.45) is 0 Å². The summed E-state index contributed by atoms with van der Waals surface area (Å²) in [5.74, 6) is 0. The van der Waals surface area contributed by atoms with E-state index in [4.69, 9.17) is 14.2 Å². The number of ether oxygens (including phenoxy) is 3. The molecule has 11 heavy (non-hydrogen) atoms. The van der Waals surface area contributed by atoms with Crippen molar-refractivity contribution < 1.29 is 14.2 Å². The molecule has 3 unspecified atom stereocenters. The minimum absolute atomic E-state index is 0.398. The van der Waals surface area contributed by atoms with Crippen molar-refractivity contribution in [3.8, 4) is 0 Å². The molecule has 62 valence electrons. The smallest absolute Gasteiger partial charge is 0.109 e. The second-order valence-corrected chi connectivity index (χ2v) is 2.85. The van der Waals surface area contributed by atoms with E-state index < -0.39 is 0 Å². The minimum atomic E-state index is 0.398. The highest BCUT2D eigenvalue weighted by Gasteiger charge is 2.41. The van der Waals surface area contributed by atoms with Crippen LogP contribution in [0.15, 0.2) is 12.7 Å². The largest absolute Gasteiger partial charge is 0.370 e. The molecule has 0 saturated carbocycles. The van der Waals surface area contributed by atoms with Crippen LogP contribution < -0.4 is 0 Å². The van der Waals surface area contributed by atoms with Crippen LogP contribution in [0.4, 0.5) is 0 Å². The van der Waals surface area contributed by atoms with Crippen LogP contribution in [0, 0.1) is 0 Å². The fraction of sp³-hybridized carbons (Fsp3) is 0.750. The van der Waals surface area contributed by atoms with E-state index in [1.54, 1.807) is 6.08 Å². The fourth-order valence-electron chi connectivity index (χ4n) is 0.732. The van der Waals surface area contributed by atoms with Gasteiger partial charge in [-0.15, -0.1) is 6.58 Å². The Labute approximate surface area is 65.9 Å². The molecule has 0 spiro atoms. The average Bonchev–Trinajstić information content (AvgIpc) is 2.81. The second kappa shape index (κ2) is 2.93. The Bertz CT molecular complexity index is 135. The summed E-state index contributed by atoms with van der Waals surface area (Å²) in [5, 5.41) is 0. The van der Waals surface area contributed by atoms with Crippen LogP contribution >= 0.6 is 0 Å². The third-order valence-corrected chi connectivity index (χ3v) is 1.75. The highest BCUT2D eigenvalue weighted by molar-refractivity contribution is 4.87. The maximum Gasteiger partial charge on any atom is 0.109 e. The molecule has 0 radical (unpaired) electrons. The van der Waals surface area contributed by atoms with Gasteiger partial charge in [0.15, 0.2) is 0 Å². The van der Waals surface area contributed by atoms with Gasteiger partial charge >= 0.3 is 0 Å². The zero-order valence-corrected chi connectivity index (χ0v) is 6.36. The van der Waals surface area contributed by atoms with Gasteiger partial charge < -0.3 is 14.2 Å². The topological polar surface area (TPSA) is 37.6 Å². The number of epoxide rings is 3. The van der Waals surface area contributed by atoms with Gasteiger partial charge in [-0.1, -0.05) is 6.08 Å². The Kier molecular flexibility index (Phi) is 1.94. The Morgan fingerprint density at radius 2 is 1.45 bits per heavy atom. The fourth-order valence-corrected chi connectivity index (χ4v) is 0.732. The van der Waals surface area contributed by atoms with Crippen molar-refractivity contribution in [1.29, 1.82) is 0 Å². The molecular formula is C8H12O3. The van der Waals surface area contributed by atoms with E-state index in [1.807, 2.05) is 0 Å². The van der Waals surface area contributed by atoms with Crippen molar-refractivity contribution in [1.82, 2.24) is 0 Å². The van der Waals surface area contributed by atoms with Crippen molar-refractivity contribution in [2.45, 2.75) is 18.3 Å². The lowest BCUT2D eigenvalue weighted by atomic mass is 10.4. The normalized spacial score (nSPS) is 43.5. The summed E-state index contributed by atoms with van der Waals surface area (Å²) in [4.78, 5) is 0. The third kappa shape index (κ3) is 2.61. The average molecular weight is 156 g/mol. The Morgan fingerprint density at radius 1 is 1.00 bits per heavy atom. The molecule has 3 nitrogen and oxygen atoms in total. The highest BCUT2D eigenvalue weighted by atomic mass is 16.6. The summed E-state index contributed by atoms with van der Waals surface area (Å²) >= 11 is 0. The quantitative estimate of drug-likeness (QED) is 0.428. The van der Waals surface area contributed by atoms with E-state index in [9.17, 15) is 0 Å². The Morgan fingerprint density at radius 3 is 1.55 bits per heavy atom. The van der Waals surface area contributed by atoms with Gasteiger partial charge in [-0.25, -0.2) is 0 Å². The van der Waals surface area contributed by atoms with Crippen LogP contribution in [-0.2, 0) is 14.2 Å². The molecule has 0 aromatic carbocycles. The Hall–Kier alpha value is -0.380. The van der Waals surface area contributed by atoms with E-state index >= 15 is 0 Å². The monoisotopic (exact) mass is 156 g/mol.